The maximum absolute atomic E-state index is 12.5. The van der Waals surface area contributed by atoms with E-state index in [0.29, 0.717) is 23.8 Å². The van der Waals surface area contributed by atoms with Gasteiger partial charge >= 0.3 is 0 Å². The molecule has 1 aliphatic heterocycles. The third-order valence-corrected chi connectivity index (χ3v) is 6.61. The Morgan fingerprint density at radius 2 is 2.15 bits per heavy atom. The number of rotatable bonds is 6. The number of hydrogen-bond acceptors (Lipinski definition) is 5. The summed E-state index contributed by atoms with van der Waals surface area (Å²) >= 11 is 6.17. The summed E-state index contributed by atoms with van der Waals surface area (Å²) in [5.74, 6) is 0.561. The van der Waals surface area contributed by atoms with Crippen molar-refractivity contribution in [1.29, 1.82) is 0 Å². The third kappa shape index (κ3) is 5.09. The molecule has 1 N–H and O–H groups in total. The van der Waals surface area contributed by atoms with Crippen molar-refractivity contribution in [2.24, 2.45) is 0 Å². The van der Waals surface area contributed by atoms with Crippen LogP contribution in [0, 0.1) is 6.92 Å². The Morgan fingerprint density at radius 1 is 1.41 bits per heavy atom. The number of hydrogen-bond donors (Lipinski definition) is 1. The van der Waals surface area contributed by atoms with Crippen molar-refractivity contribution in [3.8, 4) is 0 Å². The molecule has 0 bridgehead atoms. The van der Waals surface area contributed by atoms with E-state index >= 15 is 0 Å². The van der Waals surface area contributed by atoms with Gasteiger partial charge in [0.2, 0.25) is 5.91 Å². The summed E-state index contributed by atoms with van der Waals surface area (Å²) in [6, 6.07) is 9.05. The van der Waals surface area contributed by atoms with Gasteiger partial charge in [0.1, 0.15) is 5.82 Å². The van der Waals surface area contributed by atoms with Gasteiger partial charge in [0.05, 0.1) is 29.8 Å². The number of aromatic nitrogens is 2. The highest BCUT2D eigenvalue weighted by molar-refractivity contribution is 7.91. The minimum Gasteiger partial charge on any atom is -0.310 e. The minimum atomic E-state index is -3.03. The van der Waals surface area contributed by atoms with Crippen molar-refractivity contribution in [1.82, 2.24) is 14.7 Å². The first-order chi connectivity index (χ1) is 12.7. The van der Waals surface area contributed by atoms with Crippen LogP contribution in [0.5, 0.6) is 0 Å². The fourth-order valence-electron chi connectivity index (χ4n) is 3.26. The van der Waals surface area contributed by atoms with E-state index in [1.807, 2.05) is 43.1 Å². The standard InChI is InChI=1S/C18H23ClN4O3S/c1-13-9-17(23(21-13)15-7-8-27(25,26)12-15)20-18(24)11-22(2)10-14-5-3-4-6-16(14)19/h3-6,9,15H,7-8,10-12H2,1-2H3,(H,20,24). The second-order valence-electron chi connectivity index (χ2n) is 6.98. The van der Waals surface area contributed by atoms with Crippen LogP contribution in [0.15, 0.2) is 30.3 Å². The van der Waals surface area contributed by atoms with E-state index in [-0.39, 0.29) is 30.0 Å². The van der Waals surface area contributed by atoms with Crippen LogP contribution in [0.25, 0.3) is 0 Å². The molecule has 1 amide bonds. The summed E-state index contributed by atoms with van der Waals surface area (Å²) in [5, 5.41) is 7.90. The van der Waals surface area contributed by atoms with Gasteiger partial charge in [-0.05, 0) is 32.0 Å². The first-order valence-corrected chi connectivity index (χ1v) is 10.9. The maximum atomic E-state index is 12.5. The Morgan fingerprint density at radius 3 is 2.81 bits per heavy atom. The van der Waals surface area contributed by atoms with E-state index in [1.165, 1.54) is 0 Å². The summed E-state index contributed by atoms with van der Waals surface area (Å²) in [6.45, 7) is 2.55. The van der Waals surface area contributed by atoms with Crippen LogP contribution >= 0.6 is 11.6 Å². The fourth-order valence-corrected chi connectivity index (χ4v) is 5.14. The van der Waals surface area contributed by atoms with E-state index in [9.17, 15) is 13.2 Å². The van der Waals surface area contributed by atoms with Crippen LogP contribution in [-0.2, 0) is 21.2 Å². The van der Waals surface area contributed by atoms with Gasteiger partial charge in [0.25, 0.3) is 0 Å². The first kappa shape index (κ1) is 19.9. The van der Waals surface area contributed by atoms with E-state index in [4.69, 9.17) is 11.6 Å². The highest BCUT2D eigenvalue weighted by Crippen LogP contribution is 2.27. The molecule has 0 spiro atoms. The Bertz CT molecular complexity index is 942. The van der Waals surface area contributed by atoms with Crippen molar-refractivity contribution in [3.05, 3.63) is 46.6 Å². The molecule has 2 heterocycles. The molecule has 0 aliphatic carbocycles. The van der Waals surface area contributed by atoms with E-state index < -0.39 is 9.84 Å². The number of amides is 1. The minimum absolute atomic E-state index is 0.0589. The largest absolute Gasteiger partial charge is 0.310 e. The monoisotopic (exact) mass is 410 g/mol. The number of anilines is 1. The molecule has 27 heavy (non-hydrogen) atoms. The summed E-state index contributed by atoms with van der Waals surface area (Å²) < 4.78 is 25.1. The quantitative estimate of drug-likeness (QED) is 0.789. The van der Waals surface area contributed by atoms with E-state index in [1.54, 1.807) is 10.7 Å². The second-order valence-corrected chi connectivity index (χ2v) is 9.62. The first-order valence-electron chi connectivity index (χ1n) is 8.72. The molecule has 1 saturated heterocycles. The molecule has 7 nitrogen and oxygen atoms in total. The molecule has 1 aliphatic rings. The predicted molar refractivity (Wildman–Crippen MR) is 106 cm³/mol. The summed E-state index contributed by atoms with van der Waals surface area (Å²) in [7, 11) is -1.19. The molecule has 3 rings (SSSR count). The van der Waals surface area contributed by atoms with Crippen molar-refractivity contribution in [2.45, 2.75) is 25.9 Å². The van der Waals surface area contributed by atoms with Gasteiger partial charge in [-0.1, -0.05) is 29.8 Å². The molecule has 1 aromatic heterocycles. The van der Waals surface area contributed by atoms with Gasteiger partial charge in [-0.15, -0.1) is 0 Å². The molecular formula is C18H23ClN4O3S. The van der Waals surface area contributed by atoms with Gasteiger partial charge in [-0.3, -0.25) is 9.69 Å². The molecule has 9 heteroatoms. The lowest BCUT2D eigenvalue weighted by Gasteiger charge is -2.18. The van der Waals surface area contributed by atoms with E-state index in [2.05, 4.69) is 10.4 Å². The fraction of sp³-hybridized carbons (Fsp3) is 0.444. The molecule has 1 atom stereocenters. The van der Waals surface area contributed by atoms with Crippen molar-refractivity contribution < 1.29 is 13.2 Å². The van der Waals surface area contributed by atoms with Crippen molar-refractivity contribution >= 4 is 33.2 Å². The zero-order valence-corrected chi connectivity index (χ0v) is 16.9. The van der Waals surface area contributed by atoms with Crippen LogP contribution in [0.2, 0.25) is 5.02 Å². The number of carbonyl (C=O) groups excluding carboxylic acids is 1. The number of halogens is 1. The Kier molecular flexibility index (Phi) is 5.88. The molecular weight excluding hydrogens is 388 g/mol. The van der Waals surface area contributed by atoms with Crippen LogP contribution in [-0.4, -0.2) is 54.1 Å². The Labute approximate surface area is 164 Å². The number of nitrogens with one attached hydrogen (secondary N) is 1. The van der Waals surface area contributed by atoms with Gasteiger partial charge in [-0.25, -0.2) is 13.1 Å². The lowest BCUT2D eigenvalue weighted by Crippen LogP contribution is -2.31. The summed E-state index contributed by atoms with van der Waals surface area (Å²) in [4.78, 5) is 14.3. The maximum Gasteiger partial charge on any atom is 0.239 e. The molecule has 1 aromatic carbocycles. The third-order valence-electron chi connectivity index (χ3n) is 4.49. The highest BCUT2D eigenvalue weighted by Gasteiger charge is 2.31. The van der Waals surface area contributed by atoms with Crippen LogP contribution in [0.1, 0.15) is 23.7 Å². The molecule has 0 radical (unpaired) electrons. The number of likely N-dealkylation sites (N-methyl/N-ethyl adjacent to an activating group) is 1. The Hall–Kier alpha value is -1.90. The van der Waals surface area contributed by atoms with Crippen molar-refractivity contribution in [2.75, 3.05) is 30.4 Å². The van der Waals surface area contributed by atoms with Crippen LogP contribution in [0.3, 0.4) is 0 Å². The molecule has 0 saturated carbocycles. The molecule has 1 unspecified atom stereocenters. The average molecular weight is 411 g/mol. The molecule has 2 aromatic rings. The zero-order valence-electron chi connectivity index (χ0n) is 15.4. The van der Waals surface area contributed by atoms with Crippen molar-refractivity contribution in [3.63, 3.8) is 0 Å². The van der Waals surface area contributed by atoms with Gasteiger partial charge in [-0.2, -0.15) is 5.10 Å². The number of nitrogens with zero attached hydrogens (tertiary/aromatic N) is 3. The number of carbonyl (C=O) groups is 1. The molecule has 146 valence electrons. The average Bonchev–Trinajstić information content (AvgIpc) is 3.11. The van der Waals surface area contributed by atoms with E-state index in [0.717, 1.165) is 11.3 Å². The van der Waals surface area contributed by atoms with Gasteiger partial charge in [0, 0.05) is 17.6 Å². The van der Waals surface area contributed by atoms with Gasteiger partial charge in [0.15, 0.2) is 9.84 Å². The van der Waals surface area contributed by atoms with Crippen LogP contribution < -0.4 is 5.32 Å². The number of aryl methyl sites for hydroxylation is 1. The number of sulfone groups is 1. The Balaban J connectivity index is 1.64. The number of benzene rings is 1. The second kappa shape index (κ2) is 8.00. The summed E-state index contributed by atoms with van der Waals surface area (Å²) in [5.41, 5.74) is 1.69. The normalized spacial score (nSPS) is 18.7. The lowest BCUT2D eigenvalue weighted by molar-refractivity contribution is -0.117. The molecule has 1 fully saturated rings. The van der Waals surface area contributed by atoms with Crippen LogP contribution in [0.4, 0.5) is 5.82 Å². The SMILES string of the molecule is Cc1cc(NC(=O)CN(C)Cc2ccccc2Cl)n(C2CCS(=O)(=O)C2)n1. The van der Waals surface area contributed by atoms with Gasteiger partial charge < -0.3 is 5.32 Å². The lowest BCUT2D eigenvalue weighted by atomic mass is 10.2. The highest BCUT2D eigenvalue weighted by atomic mass is 35.5. The topological polar surface area (TPSA) is 84.3 Å². The smallest absolute Gasteiger partial charge is 0.239 e. The summed E-state index contributed by atoms with van der Waals surface area (Å²) in [6.07, 6.45) is 0.513. The zero-order chi connectivity index (χ0) is 19.6. The predicted octanol–water partition coefficient (Wildman–Crippen LogP) is 2.28.